The molecule has 0 saturated heterocycles. The van der Waals surface area contributed by atoms with Crippen molar-refractivity contribution < 1.29 is 4.39 Å². The van der Waals surface area contributed by atoms with Gasteiger partial charge in [0.25, 0.3) is 0 Å². The number of aryl methyl sites for hydroxylation is 1. The van der Waals surface area contributed by atoms with E-state index >= 15 is 0 Å². The van der Waals surface area contributed by atoms with Gasteiger partial charge >= 0.3 is 0 Å². The van der Waals surface area contributed by atoms with Crippen LogP contribution in [0.15, 0.2) is 36.5 Å². The third-order valence-electron chi connectivity index (χ3n) is 2.70. The number of fused-ring (bicyclic) bond motifs is 1. The Kier molecular flexibility index (Phi) is 2.14. The number of nitrogens with one attached hydrogen (secondary N) is 1. The summed E-state index contributed by atoms with van der Waals surface area (Å²) in [6.45, 7) is 2.01. The quantitative estimate of drug-likeness (QED) is 0.694. The Hall–Kier alpha value is -2.23. The van der Waals surface area contributed by atoms with Gasteiger partial charge in [0.05, 0.1) is 11.7 Å². The molecule has 1 N–H and O–H groups in total. The van der Waals surface area contributed by atoms with Crippen LogP contribution in [0.2, 0.25) is 0 Å². The van der Waals surface area contributed by atoms with E-state index in [1.807, 2.05) is 31.2 Å². The molecule has 17 heavy (non-hydrogen) atoms. The molecular weight excluding hydrogens is 217 g/mol. The van der Waals surface area contributed by atoms with Gasteiger partial charge in [-0.05, 0) is 12.5 Å². The number of pyridine rings is 1. The SMILES string of the molecule is Cc1ccccc1-c1nc2ncc(F)cc2[nH]1. The van der Waals surface area contributed by atoms with Gasteiger partial charge in [0.15, 0.2) is 5.65 Å². The summed E-state index contributed by atoms with van der Waals surface area (Å²) in [5.74, 6) is 0.355. The van der Waals surface area contributed by atoms with Crippen LogP contribution in [0.1, 0.15) is 5.56 Å². The summed E-state index contributed by atoms with van der Waals surface area (Å²) in [6, 6.07) is 9.31. The molecule has 84 valence electrons. The molecular formula is C13H10FN3. The molecule has 0 atom stereocenters. The van der Waals surface area contributed by atoms with E-state index in [4.69, 9.17) is 0 Å². The Labute approximate surface area is 97.3 Å². The number of rotatable bonds is 1. The maximum absolute atomic E-state index is 13.0. The van der Waals surface area contributed by atoms with Gasteiger partial charge in [-0.25, -0.2) is 14.4 Å². The first kappa shape index (κ1) is 9.96. The molecule has 0 aliphatic heterocycles. The van der Waals surface area contributed by atoms with Crippen LogP contribution in [-0.2, 0) is 0 Å². The van der Waals surface area contributed by atoms with E-state index in [1.54, 1.807) is 0 Å². The number of aromatic nitrogens is 3. The number of halogens is 1. The van der Waals surface area contributed by atoms with E-state index in [2.05, 4.69) is 15.0 Å². The molecule has 3 aromatic rings. The summed E-state index contributed by atoms with van der Waals surface area (Å²) in [7, 11) is 0. The standard InChI is InChI=1S/C13H10FN3/c1-8-4-2-3-5-10(8)12-16-11-6-9(14)7-15-13(11)17-12/h2-7H,1H3,(H,15,16,17). The number of aromatic amines is 1. The summed E-state index contributed by atoms with van der Waals surface area (Å²) >= 11 is 0. The molecule has 0 bridgehead atoms. The molecule has 3 rings (SSSR count). The lowest BCUT2D eigenvalue weighted by molar-refractivity contribution is 0.624. The molecule has 0 saturated carbocycles. The average molecular weight is 227 g/mol. The van der Waals surface area contributed by atoms with Gasteiger partial charge in [0.2, 0.25) is 0 Å². The molecule has 2 aromatic heterocycles. The Morgan fingerprint density at radius 3 is 2.88 bits per heavy atom. The van der Waals surface area contributed by atoms with E-state index in [1.165, 1.54) is 12.3 Å². The topological polar surface area (TPSA) is 41.6 Å². The van der Waals surface area contributed by atoms with Crippen LogP contribution < -0.4 is 0 Å². The zero-order valence-corrected chi connectivity index (χ0v) is 9.24. The number of hydrogen-bond acceptors (Lipinski definition) is 2. The molecule has 0 aliphatic rings. The average Bonchev–Trinajstić information content (AvgIpc) is 2.72. The molecule has 0 radical (unpaired) electrons. The summed E-state index contributed by atoms with van der Waals surface area (Å²) < 4.78 is 13.0. The smallest absolute Gasteiger partial charge is 0.178 e. The number of benzene rings is 1. The Bertz CT molecular complexity index is 688. The second-order valence-electron chi connectivity index (χ2n) is 3.93. The number of hydrogen-bond donors (Lipinski definition) is 1. The van der Waals surface area contributed by atoms with Crippen molar-refractivity contribution in [1.82, 2.24) is 15.0 Å². The predicted molar refractivity (Wildman–Crippen MR) is 64.0 cm³/mol. The van der Waals surface area contributed by atoms with Crippen molar-refractivity contribution in [2.24, 2.45) is 0 Å². The fraction of sp³-hybridized carbons (Fsp3) is 0.0769. The van der Waals surface area contributed by atoms with Gasteiger partial charge in [0.1, 0.15) is 11.6 Å². The largest absolute Gasteiger partial charge is 0.336 e. The van der Waals surface area contributed by atoms with Crippen LogP contribution in [0.3, 0.4) is 0 Å². The van der Waals surface area contributed by atoms with Crippen LogP contribution in [0.5, 0.6) is 0 Å². The fourth-order valence-electron chi connectivity index (χ4n) is 1.84. The van der Waals surface area contributed by atoms with Gasteiger partial charge in [-0.1, -0.05) is 24.3 Å². The number of H-pyrrole nitrogens is 1. The Morgan fingerprint density at radius 2 is 2.06 bits per heavy atom. The molecule has 3 nitrogen and oxygen atoms in total. The molecule has 1 aromatic carbocycles. The highest BCUT2D eigenvalue weighted by Gasteiger charge is 2.08. The molecule has 2 heterocycles. The van der Waals surface area contributed by atoms with E-state index in [0.29, 0.717) is 11.2 Å². The first-order valence-electron chi connectivity index (χ1n) is 5.31. The fourth-order valence-corrected chi connectivity index (χ4v) is 1.84. The van der Waals surface area contributed by atoms with Crippen molar-refractivity contribution in [3.8, 4) is 11.4 Å². The minimum absolute atomic E-state index is 0.363. The van der Waals surface area contributed by atoms with Crippen molar-refractivity contribution in [2.75, 3.05) is 0 Å². The summed E-state index contributed by atoms with van der Waals surface area (Å²) in [6.07, 6.45) is 1.17. The Morgan fingerprint density at radius 1 is 1.24 bits per heavy atom. The third kappa shape index (κ3) is 1.67. The lowest BCUT2D eigenvalue weighted by Gasteiger charge is -1.99. The van der Waals surface area contributed by atoms with Crippen molar-refractivity contribution in [1.29, 1.82) is 0 Å². The number of nitrogens with zero attached hydrogens (tertiary/aromatic N) is 2. The van der Waals surface area contributed by atoms with Crippen LogP contribution >= 0.6 is 0 Å². The van der Waals surface area contributed by atoms with Crippen LogP contribution in [0, 0.1) is 12.7 Å². The lowest BCUT2D eigenvalue weighted by atomic mass is 10.1. The summed E-state index contributed by atoms with van der Waals surface area (Å²) in [5.41, 5.74) is 3.27. The minimum atomic E-state index is -0.363. The van der Waals surface area contributed by atoms with Crippen molar-refractivity contribution in [3.63, 3.8) is 0 Å². The second-order valence-corrected chi connectivity index (χ2v) is 3.93. The van der Waals surface area contributed by atoms with Crippen molar-refractivity contribution in [2.45, 2.75) is 6.92 Å². The monoisotopic (exact) mass is 227 g/mol. The zero-order chi connectivity index (χ0) is 11.8. The molecule has 0 fully saturated rings. The Balaban J connectivity index is 2.22. The molecule has 0 aliphatic carbocycles. The molecule has 0 amide bonds. The van der Waals surface area contributed by atoms with Gasteiger partial charge in [-0.3, -0.25) is 0 Å². The maximum atomic E-state index is 13.0. The normalized spacial score (nSPS) is 10.9. The van der Waals surface area contributed by atoms with Gasteiger partial charge < -0.3 is 4.98 Å². The highest BCUT2D eigenvalue weighted by molar-refractivity contribution is 5.76. The third-order valence-corrected chi connectivity index (χ3v) is 2.70. The van der Waals surface area contributed by atoms with Crippen LogP contribution in [0.25, 0.3) is 22.6 Å². The second kappa shape index (κ2) is 3.66. The molecule has 0 unspecified atom stereocenters. The highest BCUT2D eigenvalue weighted by Crippen LogP contribution is 2.22. The first-order valence-corrected chi connectivity index (χ1v) is 5.31. The van der Waals surface area contributed by atoms with Gasteiger partial charge in [-0.2, -0.15) is 0 Å². The van der Waals surface area contributed by atoms with Gasteiger partial charge in [0, 0.05) is 11.6 Å². The maximum Gasteiger partial charge on any atom is 0.178 e. The van der Waals surface area contributed by atoms with E-state index < -0.39 is 0 Å². The highest BCUT2D eigenvalue weighted by atomic mass is 19.1. The first-order chi connectivity index (χ1) is 8.24. The van der Waals surface area contributed by atoms with E-state index in [9.17, 15) is 4.39 Å². The molecule has 0 spiro atoms. The van der Waals surface area contributed by atoms with Crippen molar-refractivity contribution >= 4 is 11.2 Å². The van der Waals surface area contributed by atoms with Crippen LogP contribution in [0.4, 0.5) is 4.39 Å². The minimum Gasteiger partial charge on any atom is -0.336 e. The van der Waals surface area contributed by atoms with E-state index in [0.717, 1.165) is 17.0 Å². The number of imidazole rings is 1. The van der Waals surface area contributed by atoms with Crippen molar-refractivity contribution in [3.05, 3.63) is 47.9 Å². The lowest BCUT2D eigenvalue weighted by Crippen LogP contribution is -1.84. The van der Waals surface area contributed by atoms with Crippen LogP contribution in [-0.4, -0.2) is 15.0 Å². The van der Waals surface area contributed by atoms with E-state index in [-0.39, 0.29) is 5.82 Å². The zero-order valence-electron chi connectivity index (χ0n) is 9.24. The predicted octanol–water partition coefficient (Wildman–Crippen LogP) is 3.07. The van der Waals surface area contributed by atoms with Gasteiger partial charge in [-0.15, -0.1) is 0 Å². The molecule has 4 heteroatoms. The summed E-state index contributed by atoms with van der Waals surface area (Å²) in [4.78, 5) is 11.4. The summed E-state index contributed by atoms with van der Waals surface area (Å²) in [5, 5.41) is 0.